The fraction of sp³-hybridized carbons (Fsp3) is 0.700. The molecule has 14 atom stereocenters. The van der Waals surface area contributed by atoms with E-state index in [0.717, 1.165) is 38.5 Å². The molecule has 8 aliphatic rings. The zero-order valence-electron chi connectivity index (χ0n) is 28.9. The molecule has 3 heterocycles. The molecule has 3 saturated carbocycles. The summed E-state index contributed by atoms with van der Waals surface area (Å²) in [6.45, 7) is 11.0. The van der Waals surface area contributed by atoms with Gasteiger partial charge in [0.05, 0.1) is 37.8 Å². The number of esters is 2. The van der Waals surface area contributed by atoms with Crippen LogP contribution in [0.2, 0.25) is 0 Å². The lowest BCUT2D eigenvalue weighted by Crippen LogP contribution is -2.64. The second-order valence-corrected chi connectivity index (χ2v) is 17.9. The van der Waals surface area contributed by atoms with E-state index in [-0.39, 0.29) is 64.0 Å². The van der Waals surface area contributed by atoms with Crippen LogP contribution in [-0.2, 0) is 28.5 Å². The van der Waals surface area contributed by atoms with Crippen molar-refractivity contribution in [3.63, 3.8) is 0 Å². The maximum atomic E-state index is 13.7. The third-order valence-corrected chi connectivity index (χ3v) is 15.7. The Labute approximate surface area is 283 Å². The van der Waals surface area contributed by atoms with Gasteiger partial charge in [0.2, 0.25) is 5.79 Å². The number of hydrogen-bond acceptors (Lipinski definition) is 8. The number of rotatable bonds is 3. The highest BCUT2D eigenvalue weighted by molar-refractivity contribution is 5.77. The zero-order valence-corrected chi connectivity index (χ0v) is 28.9. The van der Waals surface area contributed by atoms with Crippen LogP contribution in [0.25, 0.3) is 0 Å². The van der Waals surface area contributed by atoms with E-state index in [1.165, 1.54) is 18.1 Å². The molecule has 1 aromatic rings. The van der Waals surface area contributed by atoms with Gasteiger partial charge in [-0.25, -0.2) is 0 Å². The molecule has 1 spiro atoms. The standard InChI is InChI=1S/C40H50O8/c1-23(41)47-34(2)19-40(46-21-34)32(43)31(33(44)48-40)26-12-16-39-20-38(26,39)15-13-28-35(3)14-11-25-17-27(24-9-7-6-8-10-24)45-22-36(25,4)29(35)18-30(42)37(28,39)5/h6-11,13,15,26-32,42-43H,12,14,16-22H2,1-5H3/t26-,27-,28+,29+,30-,31+,32+,34+,35+,36-,37-,38+,39+,40-/m0/s1. The summed E-state index contributed by atoms with van der Waals surface area (Å²) in [5.74, 6) is -2.79. The van der Waals surface area contributed by atoms with Crippen LogP contribution in [0.3, 0.4) is 0 Å². The van der Waals surface area contributed by atoms with Gasteiger partial charge in [-0.2, -0.15) is 0 Å². The number of carbonyl (C=O) groups is 2. The topological polar surface area (TPSA) is 112 Å². The molecule has 3 aliphatic heterocycles. The van der Waals surface area contributed by atoms with E-state index >= 15 is 0 Å². The van der Waals surface area contributed by atoms with Gasteiger partial charge in [-0.1, -0.05) is 74.9 Å². The molecule has 0 aromatic heterocycles. The largest absolute Gasteiger partial charge is 0.457 e. The van der Waals surface area contributed by atoms with Crippen molar-refractivity contribution in [2.45, 2.75) is 109 Å². The summed E-state index contributed by atoms with van der Waals surface area (Å²) >= 11 is 0. The lowest BCUT2D eigenvalue weighted by atomic mass is 9.38. The predicted molar refractivity (Wildman–Crippen MR) is 175 cm³/mol. The smallest absolute Gasteiger partial charge is 0.314 e. The van der Waals surface area contributed by atoms with Gasteiger partial charge in [0.1, 0.15) is 11.7 Å². The Balaban J connectivity index is 1.02. The minimum Gasteiger partial charge on any atom is -0.457 e. The first kappa shape index (κ1) is 31.5. The molecule has 0 unspecified atom stereocenters. The van der Waals surface area contributed by atoms with Crippen molar-refractivity contribution in [3.8, 4) is 0 Å². The lowest BCUT2D eigenvalue weighted by molar-refractivity contribution is -0.220. The third kappa shape index (κ3) is 3.66. The van der Waals surface area contributed by atoms with Crippen molar-refractivity contribution in [1.82, 2.24) is 0 Å². The van der Waals surface area contributed by atoms with Gasteiger partial charge in [-0.3, -0.25) is 9.59 Å². The highest BCUT2D eigenvalue weighted by atomic mass is 16.8. The van der Waals surface area contributed by atoms with Crippen LogP contribution in [0.15, 0.2) is 54.1 Å². The van der Waals surface area contributed by atoms with Gasteiger partial charge >= 0.3 is 11.9 Å². The van der Waals surface area contributed by atoms with Crippen LogP contribution in [0.5, 0.6) is 0 Å². The zero-order chi connectivity index (χ0) is 33.7. The van der Waals surface area contributed by atoms with Gasteiger partial charge in [0, 0.05) is 17.8 Å². The molecule has 8 nitrogen and oxygen atoms in total. The van der Waals surface area contributed by atoms with Gasteiger partial charge < -0.3 is 29.2 Å². The van der Waals surface area contributed by atoms with Crippen molar-refractivity contribution in [2.75, 3.05) is 13.2 Å². The Hall–Kier alpha value is -2.52. The first-order valence-electron chi connectivity index (χ1n) is 18.2. The van der Waals surface area contributed by atoms with Gasteiger partial charge in [0.25, 0.3) is 0 Å². The maximum absolute atomic E-state index is 13.7. The molecule has 9 rings (SSSR count). The van der Waals surface area contributed by atoms with Crippen molar-refractivity contribution in [1.29, 1.82) is 0 Å². The maximum Gasteiger partial charge on any atom is 0.314 e. The summed E-state index contributed by atoms with van der Waals surface area (Å²) in [5.41, 5.74) is 0.726. The van der Waals surface area contributed by atoms with E-state index in [1.807, 2.05) is 6.07 Å². The van der Waals surface area contributed by atoms with E-state index < -0.39 is 41.5 Å². The molecule has 0 radical (unpaired) electrons. The minimum absolute atomic E-state index is 0.0536. The van der Waals surface area contributed by atoms with Crippen LogP contribution in [0.1, 0.15) is 91.2 Å². The molecule has 0 amide bonds. The number of aliphatic hydroxyl groups is 2. The highest BCUT2D eigenvalue weighted by Crippen LogP contribution is 2.89. The molecule has 48 heavy (non-hydrogen) atoms. The van der Waals surface area contributed by atoms with E-state index in [4.69, 9.17) is 18.9 Å². The first-order chi connectivity index (χ1) is 22.7. The SMILES string of the molecule is CC(=O)O[C@@]1(C)CO[C@@]2(C1)OC(=O)[C@H]([C@@H]1CC[C@]34C[C@]13C=C[C@@H]1[C@@]3(C)CC=C5C[C@@H](c6ccccc6)OC[C@]5(C)[C@@H]3C[C@H](O)[C@]14C)[C@H]2O. The summed E-state index contributed by atoms with van der Waals surface area (Å²) in [5, 5.41) is 24.3. The summed E-state index contributed by atoms with van der Waals surface area (Å²) in [4.78, 5) is 25.5. The highest BCUT2D eigenvalue weighted by Gasteiger charge is 2.86. The second kappa shape index (κ2) is 9.62. The Bertz CT molecular complexity index is 1640. The van der Waals surface area contributed by atoms with E-state index in [1.54, 1.807) is 6.92 Å². The molecular weight excluding hydrogens is 608 g/mol. The number of allylic oxidation sites excluding steroid dienone is 3. The number of carbonyl (C=O) groups excluding carboxylic acids is 2. The number of benzene rings is 1. The number of aliphatic hydroxyl groups excluding tert-OH is 2. The Morgan fingerprint density at radius 1 is 1.04 bits per heavy atom. The lowest BCUT2D eigenvalue weighted by Gasteiger charge is -2.67. The van der Waals surface area contributed by atoms with Crippen LogP contribution in [0, 0.1) is 50.7 Å². The fourth-order valence-electron chi connectivity index (χ4n) is 13.5. The molecule has 1 aromatic carbocycles. The molecule has 258 valence electrons. The van der Waals surface area contributed by atoms with Crippen molar-refractivity contribution in [2.24, 2.45) is 50.7 Å². The quantitative estimate of drug-likeness (QED) is 0.309. The second-order valence-electron chi connectivity index (χ2n) is 17.9. The summed E-state index contributed by atoms with van der Waals surface area (Å²) in [6, 6.07) is 10.5. The first-order valence-corrected chi connectivity index (χ1v) is 18.2. The Morgan fingerprint density at radius 3 is 2.56 bits per heavy atom. The van der Waals surface area contributed by atoms with Crippen LogP contribution < -0.4 is 0 Å². The molecule has 8 heteroatoms. The monoisotopic (exact) mass is 658 g/mol. The van der Waals surface area contributed by atoms with Gasteiger partial charge in [0.15, 0.2) is 0 Å². The molecular formula is C40H50O8. The molecule has 2 N–H and O–H groups in total. The van der Waals surface area contributed by atoms with Crippen molar-refractivity contribution >= 4 is 11.9 Å². The Morgan fingerprint density at radius 2 is 1.81 bits per heavy atom. The number of fused-ring (bicyclic) bond motifs is 5. The van der Waals surface area contributed by atoms with Crippen molar-refractivity contribution < 1.29 is 38.7 Å². The summed E-state index contributed by atoms with van der Waals surface area (Å²) in [6.07, 6.45) is 11.0. The summed E-state index contributed by atoms with van der Waals surface area (Å²) < 4.78 is 24.1. The van der Waals surface area contributed by atoms with Gasteiger partial charge in [-0.05, 0) is 85.0 Å². The van der Waals surface area contributed by atoms with Crippen LogP contribution in [0.4, 0.5) is 0 Å². The van der Waals surface area contributed by atoms with Gasteiger partial charge in [-0.15, -0.1) is 0 Å². The predicted octanol–water partition coefficient (Wildman–Crippen LogP) is 5.82. The molecule has 5 aliphatic carbocycles. The fourth-order valence-corrected chi connectivity index (χ4v) is 13.5. The number of ether oxygens (including phenoxy) is 4. The average Bonchev–Trinajstić information content (AvgIpc) is 3.34. The Kier molecular flexibility index (Phi) is 6.31. The molecule has 6 fully saturated rings. The van der Waals surface area contributed by atoms with Crippen molar-refractivity contribution in [3.05, 3.63) is 59.7 Å². The summed E-state index contributed by atoms with van der Waals surface area (Å²) in [7, 11) is 0. The van der Waals surface area contributed by atoms with E-state index in [9.17, 15) is 19.8 Å². The van der Waals surface area contributed by atoms with E-state index in [0.29, 0.717) is 6.61 Å². The molecule has 0 bridgehead atoms. The molecule has 3 saturated heterocycles. The van der Waals surface area contributed by atoms with Crippen LogP contribution in [-0.4, -0.2) is 59.0 Å². The average molecular weight is 659 g/mol. The van der Waals surface area contributed by atoms with E-state index in [2.05, 4.69) is 63.3 Å². The van der Waals surface area contributed by atoms with Crippen LogP contribution >= 0.6 is 0 Å². The normalized spacial score (nSPS) is 54.4. The number of hydrogen-bond donors (Lipinski definition) is 2. The third-order valence-electron chi connectivity index (χ3n) is 15.7. The minimum atomic E-state index is -1.51.